The SMILES string of the molecule is CC(C)C(CCO)NC(=O)C1CCC(N)C1. The fourth-order valence-corrected chi connectivity index (χ4v) is 2.27. The van der Waals surface area contributed by atoms with Gasteiger partial charge in [-0.05, 0) is 31.6 Å². The highest BCUT2D eigenvalue weighted by atomic mass is 16.3. The van der Waals surface area contributed by atoms with Crippen molar-refractivity contribution in [2.75, 3.05) is 6.61 Å². The minimum absolute atomic E-state index is 0.0781. The van der Waals surface area contributed by atoms with Crippen LogP contribution in [-0.4, -0.2) is 29.7 Å². The molecule has 1 amide bonds. The molecule has 1 saturated carbocycles. The Morgan fingerprint density at radius 2 is 2.19 bits per heavy atom. The number of aliphatic hydroxyl groups is 1. The van der Waals surface area contributed by atoms with Crippen molar-refractivity contribution < 1.29 is 9.90 Å². The molecule has 0 aromatic heterocycles. The maximum atomic E-state index is 11.9. The lowest BCUT2D eigenvalue weighted by Gasteiger charge is -2.23. The Bertz CT molecular complexity index is 231. The average molecular weight is 228 g/mol. The summed E-state index contributed by atoms with van der Waals surface area (Å²) in [6, 6.07) is 0.264. The summed E-state index contributed by atoms with van der Waals surface area (Å²) in [6.45, 7) is 4.23. The van der Waals surface area contributed by atoms with Crippen LogP contribution >= 0.6 is 0 Å². The molecular formula is C12H24N2O2. The van der Waals surface area contributed by atoms with Crippen LogP contribution in [0.3, 0.4) is 0 Å². The van der Waals surface area contributed by atoms with Crippen LogP contribution in [0.2, 0.25) is 0 Å². The van der Waals surface area contributed by atoms with E-state index in [1.807, 2.05) is 0 Å². The van der Waals surface area contributed by atoms with Crippen LogP contribution in [0.25, 0.3) is 0 Å². The first-order valence-corrected chi connectivity index (χ1v) is 6.21. The first-order valence-electron chi connectivity index (χ1n) is 6.21. The second-order valence-electron chi connectivity index (χ2n) is 5.14. The summed E-state index contributed by atoms with van der Waals surface area (Å²) in [5.41, 5.74) is 5.79. The zero-order valence-electron chi connectivity index (χ0n) is 10.3. The second-order valence-corrected chi connectivity index (χ2v) is 5.14. The smallest absolute Gasteiger partial charge is 0.223 e. The van der Waals surface area contributed by atoms with E-state index in [4.69, 9.17) is 10.8 Å². The molecule has 4 nitrogen and oxygen atoms in total. The van der Waals surface area contributed by atoms with Gasteiger partial charge in [-0.3, -0.25) is 4.79 Å². The number of hydrogen-bond donors (Lipinski definition) is 3. The van der Waals surface area contributed by atoms with Gasteiger partial charge in [0.05, 0.1) is 0 Å². The van der Waals surface area contributed by atoms with Gasteiger partial charge in [0.25, 0.3) is 0 Å². The van der Waals surface area contributed by atoms with Gasteiger partial charge in [0.1, 0.15) is 0 Å². The molecular weight excluding hydrogens is 204 g/mol. The Morgan fingerprint density at radius 1 is 1.50 bits per heavy atom. The van der Waals surface area contributed by atoms with Crippen molar-refractivity contribution in [1.29, 1.82) is 0 Å². The van der Waals surface area contributed by atoms with Crippen molar-refractivity contribution in [3.05, 3.63) is 0 Å². The Balaban J connectivity index is 2.42. The lowest BCUT2D eigenvalue weighted by molar-refractivity contribution is -0.126. The zero-order valence-corrected chi connectivity index (χ0v) is 10.3. The van der Waals surface area contributed by atoms with E-state index in [0.29, 0.717) is 12.3 Å². The molecule has 1 aliphatic rings. The molecule has 3 atom stereocenters. The third kappa shape index (κ3) is 3.76. The normalized spacial score (nSPS) is 27.1. The molecule has 1 fully saturated rings. The lowest BCUT2D eigenvalue weighted by Crippen LogP contribution is -2.42. The maximum absolute atomic E-state index is 11.9. The maximum Gasteiger partial charge on any atom is 0.223 e. The van der Waals surface area contributed by atoms with Crippen LogP contribution in [0, 0.1) is 11.8 Å². The Morgan fingerprint density at radius 3 is 2.62 bits per heavy atom. The van der Waals surface area contributed by atoms with Crippen LogP contribution in [0.5, 0.6) is 0 Å². The van der Waals surface area contributed by atoms with Crippen LogP contribution in [0.15, 0.2) is 0 Å². The van der Waals surface area contributed by atoms with Crippen molar-refractivity contribution in [2.24, 2.45) is 17.6 Å². The van der Waals surface area contributed by atoms with E-state index in [-0.39, 0.29) is 30.5 Å². The van der Waals surface area contributed by atoms with Crippen LogP contribution in [0.1, 0.15) is 39.5 Å². The van der Waals surface area contributed by atoms with E-state index in [9.17, 15) is 4.79 Å². The van der Waals surface area contributed by atoms with Crippen molar-refractivity contribution in [2.45, 2.75) is 51.6 Å². The minimum atomic E-state index is 0.0781. The van der Waals surface area contributed by atoms with E-state index in [1.165, 1.54) is 0 Å². The highest BCUT2D eigenvalue weighted by Crippen LogP contribution is 2.24. The highest BCUT2D eigenvalue weighted by Gasteiger charge is 2.29. The third-order valence-corrected chi connectivity index (χ3v) is 3.42. The summed E-state index contributed by atoms with van der Waals surface area (Å²) in [7, 11) is 0. The van der Waals surface area contributed by atoms with Gasteiger partial charge in [0.2, 0.25) is 5.91 Å². The van der Waals surface area contributed by atoms with Crippen LogP contribution < -0.4 is 11.1 Å². The van der Waals surface area contributed by atoms with Gasteiger partial charge in [-0.15, -0.1) is 0 Å². The highest BCUT2D eigenvalue weighted by molar-refractivity contribution is 5.79. The molecule has 0 heterocycles. The molecule has 3 unspecified atom stereocenters. The number of rotatable bonds is 5. The molecule has 4 heteroatoms. The van der Waals surface area contributed by atoms with Gasteiger partial charge in [-0.25, -0.2) is 0 Å². The summed E-state index contributed by atoms with van der Waals surface area (Å²) >= 11 is 0. The van der Waals surface area contributed by atoms with Crippen molar-refractivity contribution in [3.8, 4) is 0 Å². The quantitative estimate of drug-likeness (QED) is 0.646. The zero-order chi connectivity index (χ0) is 12.1. The largest absolute Gasteiger partial charge is 0.396 e. The number of amides is 1. The van der Waals surface area contributed by atoms with Gasteiger partial charge in [-0.2, -0.15) is 0 Å². The summed E-state index contributed by atoms with van der Waals surface area (Å²) in [5.74, 6) is 0.543. The molecule has 94 valence electrons. The number of nitrogens with one attached hydrogen (secondary N) is 1. The molecule has 0 spiro atoms. The minimum Gasteiger partial charge on any atom is -0.396 e. The molecule has 0 bridgehead atoms. The number of nitrogens with two attached hydrogens (primary N) is 1. The lowest BCUT2D eigenvalue weighted by atomic mass is 9.99. The Kier molecular flexibility index (Phi) is 5.22. The topological polar surface area (TPSA) is 75.3 Å². The van der Waals surface area contributed by atoms with Gasteiger partial charge in [0, 0.05) is 24.6 Å². The summed E-state index contributed by atoms with van der Waals surface area (Å²) in [4.78, 5) is 11.9. The van der Waals surface area contributed by atoms with Crippen LogP contribution in [0.4, 0.5) is 0 Å². The molecule has 0 aliphatic heterocycles. The Labute approximate surface area is 97.6 Å². The Hall–Kier alpha value is -0.610. The molecule has 0 aromatic rings. The van der Waals surface area contributed by atoms with E-state index >= 15 is 0 Å². The molecule has 1 aliphatic carbocycles. The first-order chi connectivity index (χ1) is 7.54. The third-order valence-electron chi connectivity index (χ3n) is 3.42. The van der Waals surface area contributed by atoms with Crippen molar-refractivity contribution in [3.63, 3.8) is 0 Å². The number of carbonyl (C=O) groups is 1. The molecule has 0 saturated heterocycles. The second kappa shape index (κ2) is 6.21. The van der Waals surface area contributed by atoms with E-state index in [1.54, 1.807) is 0 Å². The fourth-order valence-electron chi connectivity index (χ4n) is 2.27. The monoisotopic (exact) mass is 228 g/mol. The van der Waals surface area contributed by atoms with Gasteiger partial charge >= 0.3 is 0 Å². The van der Waals surface area contributed by atoms with E-state index in [0.717, 1.165) is 19.3 Å². The first kappa shape index (κ1) is 13.5. The van der Waals surface area contributed by atoms with Gasteiger partial charge < -0.3 is 16.2 Å². The predicted octanol–water partition coefficient (Wildman–Crippen LogP) is 0.637. The molecule has 0 aromatic carbocycles. The number of hydrogen-bond acceptors (Lipinski definition) is 3. The van der Waals surface area contributed by atoms with Crippen LogP contribution in [-0.2, 0) is 4.79 Å². The van der Waals surface area contributed by atoms with E-state index in [2.05, 4.69) is 19.2 Å². The molecule has 1 rings (SSSR count). The summed E-state index contributed by atoms with van der Waals surface area (Å²) < 4.78 is 0. The fraction of sp³-hybridized carbons (Fsp3) is 0.917. The molecule has 0 radical (unpaired) electrons. The standard InChI is InChI=1S/C12H24N2O2/c1-8(2)11(5-6-15)14-12(16)9-3-4-10(13)7-9/h8-11,15H,3-7,13H2,1-2H3,(H,14,16). The van der Waals surface area contributed by atoms with Crippen molar-refractivity contribution in [1.82, 2.24) is 5.32 Å². The number of carbonyl (C=O) groups excluding carboxylic acids is 1. The summed E-state index contributed by atoms with van der Waals surface area (Å²) in [6.07, 6.45) is 3.28. The summed E-state index contributed by atoms with van der Waals surface area (Å²) in [5, 5.41) is 12.0. The molecule has 16 heavy (non-hydrogen) atoms. The van der Waals surface area contributed by atoms with Gasteiger partial charge in [0.15, 0.2) is 0 Å². The number of aliphatic hydroxyl groups excluding tert-OH is 1. The van der Waals surface area contributed by atoms with Gasteiger partial charge in [-0.1, -0.05) is 13.8 Å². The molecule has 4 N–H and O–H groups in total. The van der Waals surface area contributed by atoms with Crippen molar-refractivity contribution >= 4 is 5.91 Å². The predicted molar refractivity (Wildman–Crippen MR) is 63.8 cm³/mol. The average Bonchev–Trinajstić information content (AvgIpc) is 2.64. The van der Waals surface area contributed by atoms with E-state index < -0.39 is 0 Å².